The third-order valence-electron chi connectivity index (χ3n) is 3.22. The Morgan fingerprint density at radius 3 is 2.00 bits per heavy atom. The Kier molecular flexibility index (Phi) is 6.14. The predicted octanol–water partition coefficient (Wildman–Crippen LogP) is 4.97. The molecule has 0 bridgehead atoms. The van der Waals surface area contributed by atoms with Gasteiger partial charge >= 0.3 is 0 Å². The van der Waals surface area contributed by atoms with E-state index in [4.69, 9.17) is 0 Å². The van der Waals surface area contributed by atoms with Crippen LogP contribution in [0.15, 0.2) is 24.3 Å². The van der Waals surface area contributed by atoms with E-state index in [2.05, 4.69) is 6.92 Å². The Bertz CT molecular complexity index is 270. The standard InChI is InChI=1S/C8H9F.C7H14/c1-2-7-3-5-8(9)6-4-7;1-7-5-3-2-4-6-7/h3-6H,2H2,1H3;7H,2-6H2,1H3. The lowest BCUT2D eigenvalue weighted by atomic mass is 9.91. The van der Waals surface area contributed by atoms with Gasteiger partial charge in [-0.25, -0.2) is 4.39 Å². The lowest BCUT2D eigenvalue weighted by Gasteiger charge is -2.15. The van der Waals surface area contributed by atoms with Gasteiger partial charge in [0.15, 0.2) is 0 Å². The van der Waals surface area contributed by atoms with Gasteiger partial charge in [-0.15, -0.1) is 0 Å². The molecule has 0 radical (unpaired) electrons. The van der Waals surface area contributed by atoms with E-state index in [0.29, 0.717) is 0 Å². The number of aryl methyl sites for hydroxylation is 1. The molecule has 2 rings (SSSR count). The van der Waals surface area contributed by atoms with Crippen LogP contribution in [0.3, 0.4) is 0 Å². The Morgan fingerprint density at radius 1 is 1.06 bits per heavy atom. The molecule has 1 aliphatic rings. The van der Waals surface area contributed by atoms with Crippen molar-refractivity contribution in [3.63, 3.8) is 0 Å². The highest BCUT2D eigenvalue weighted by molar-refractivity contribution is 5.15. The summed E-state index contributed by atoms with van der Waals surface area (Å²) in [4.78, 5) is 0. The van der Waals surface area contributed by atoms with Crippen LogP contribution in [0.1, 0.15) is 51.5 Å². The highest BCUT2D eigenvalue weighted by Gasteiger charge is 2.05. The Hall–Kier alpha value is -0.850. The van der Waals surface area contributed by atoms with Gasteiger partial charge in [0, 0.05) is 0 Å². The molecule has 1 aromatic carbocycles. The lowest BCUT2D eigenvalue weighted by Crippen LogP contribution is -1.99. The minimum atomic E-state index is -0.160. The molecule has 0 aliphatic heterocycles. The number of rotatable bonds is 1. The fourth-order valence-corrected chi connectivity index (χ4v) is 2.03. The van der Waals surface area contributed by atoms with Gasteiger partial charge in [-0.3, -0.25) is 0 Å². The molecule has 0 spiro atoms. The maximum atomic E-state index is 12.2. The van der Waals surface area contributed by atoms with Crippen LogP contribution in [-0.4, -0.2) is 0 Å². The molecule has 90 valence electrons. The number of benzene rings is 1. The van der Waals surface area contributed by atoms with Gasteiger partial charge in [-0.2, -0.15) is 0 Å². The van der Waals surface area contributed by atoms with Gasteiger partial charge in [-0.05, 0) is 30.0 Å². The van der Waals surface area contributed by atoms with E-state index in [0.717, 1.165) is 12.3 Å². The highest BCUT2D eigenvalue weighted by Crippen LogP contribution is 2.22. The van der Waals surface area contributed by atoms with Crippen LogP contribution < -0.4 is 0 Å². The third kappa shape index (κ3) is 5.29. The minimum absolute atomic E-state index is 0.160. The molecule has 1 fully saturated rings. The maximum absolute atomic E-state index is 12.2. The first-order valence-electron chi connectivity index (χ1n) is 6.46. The molecule has 0 atom stereocenters. The normalized spacial score (nSPS) is 16.4. The first-order valence-corrected chi connectivity index (χ1v) is 6.46. The van der Waals surface area contributed by atoms with Gasteiger partial charge in [-0.1, -0.05) is 58.1 Å². The molecule has 1 heteroatoms. The van der Waals surface area contributed by atoms with Crippen molar-refractivity contribution in [1.82, 2.24) is 0 Å². The molecule has 0 N–H and O–H groups in total. The van der Waals surface area contributed by atoms with Crippen molar-refractivity contribution < 1.29 is 4.39 Å². The molecule has 16 heavy (non-hydrogen) atoms. The predicted molar refractivity (Wildman–Crippen MR) is 68.0 cm³/mol. The van der Waals surface area contributed by atoms with Crippen molar-refractivity contribution in [3.05, 3.63) is 35.6 Å². The van der Waals surface area contributed by atoms with Crippen LogP contribution in [0.5, 0.6) is 0 Å². The summed E-state index contributed by atoms with van der Waals surface area (Å²) >= 11 is 0. The summed E-state index contributed by atoms with van der Waals surface area (Å²) in [7, 11) is 0. The van der Waals surface area contributed by atoms with Gasteiger partial charge in [0.05, 0.1) is 0 Å². The molecule has 1 saturated carbocycles. The molecule has 0 aromatic heterocycles. The fraction of sp³-hybridized carbons (Fsp3) is 0.600. The number of hydrogen-bond acceptors (Lipinski definition) is 0. The topological polar surface area (TPSA) is 0 Å². The minimum Gasteiger partial charge on any atom is -0.207 e. The second-order valence-corrected chi connectivity index (χ2v) is 4.72. The summed E-state index contributed by atoms with van der Waals surface area (Å²) in [6, 6.07) is 6.57. The summed E-state index contributed by atoms with van der Waals surface area (Å²) in [6.07, 6.45) is 8.41. The van der Waals surface area contributed by atoms with Gasteiger partial charge in [0.1, 0.15) is 5.82 Å². The van der Waals surface area contributed by atoms with E-state index in [1.807, 2.05) is 6.92 Å². The van der Waals surface area contributed by atoms with E-state index < -0.39 is 0 Å². The summed E-state index contributed by atoms with van der Waals surface area (Å²) < 4.78 is 12.2. The molecule has 0 heterocycles. The largest absolute Gasteiger partial charge is 0.207 e. The molecule has 0 amide bonds. The van der Waals surface area contributed by atoms with Crippen LogP contribution >= 0.6 is 0 Å². The average molecular weight is 222 g/mol. The first kappa shape index (κ1) is 13.2. The van der Waals surface area contributed by atoms with E-state index in [1.165, 1.54) is 49.8 Å². The Labute approximate surface area is 98.9 Å². The molecule has 1 aromatic rings. The Morgan fingerprint density at radius 2 is 1.62 bits per heavy atom. The number of halogens is 1. The van der Waals surface area contributed by atoms with Crippen LogP contribution in [0.4, 0.5) is 4.39 Å². The van der Waals surface area contributed by atoms with Crippen LogP contribution in [0.25, 0.3) is 0 Å². The van der Waals surface area contributed by atoms with Crippen LogP contribution in [-0.2, 0) is 6.42 Å². The Balaban J connectivity index is 0.000000165. The zero-order valence-electron chi connectivity index (χ0n) is 10.5. The third-order valence-corrected chi connectivity index (χ3v) is 3.22. The second kappa shape index (κ2) is 7.43. The molecule has 1 aliphatic carbocycles. The zero-order chi connectivity index (χ0) is 11.8. The summed E-state index contributed by atoms with van der Waals surface area (Å²) in [5, 5.41) is 0. The van der Waals surface area contributed by atoms with Crippen molar-refractivity contribution in [2.75, 3.05) is 0 Å². The van der Waals surface area contributed by atoms with Crippen molar-refractivity contribution in [2.45, 2.75) is 52.4 Å². The average Bonchev–Trinajstić information content (AvgIpc) is 2.32. The van der Waals surface area contributed by atoms with Crippen LogP contribution in [0.2, 0.25) is 0 Å². The summed E-state index contributed by atoms with van der Waals surface area (Å²) in [5.74, 6) is 0.876. The maximum Gasteiger partial charge on any atom is 0.123 e. The smallest absolute Gasteiger partial charge is 0.123 e. The quantitative estimate of drug-likeness (QED) is 0.629. The number of hydrogen-bond donors (Lipinski definition) is 0. The zero-order valence-corrected chi connectivity index (χ0v) is 10.5. The molecule has 0 unspecified atom stereocenters. The monoisotopic (exact) mass is 222 g/mol. The van der Waals surface area contributed by atoms with Gasteiger partial charge < -0.3 is 0 Å². The summed E-state index contributed by atoms with van der Waals surface area (Å²) in [5.41, 5.74) is 1.18. The van der Waals surface area contributed by atoms with E-state index in [-0.39, 0.29) is 5.82 Å². The lowest BCUT2D eigenvalue weighted by molar-refractivity contribution is 0.385. The molecule has 0 saturated heterocycles. The first-order chi connectivity index (χ1) is 7.72. The van der Waals surface area contributed by atoms with Gasteiger partial charge in [0.25, 0.3) is 0 Å². The van der Waals surface area contributed by atoms with Crippen molar-refractivity contribution in [3.8, 4) is 0 Å². The molecular weight excluding hydrogens is 199 g/mol. The van der Waals surface area contributed by atoms with Crippen molar-refractivity contribution in [1.29, 1.82) is 0 Å². The fourth-order valence-electron chi connectivity index (χ4n) is 2.03. The van der Waals surface area contributed by atoms with E-state index in [9.17, 15) is 4.39 Å². The molecular formula is C15H23F. The molecule has 0 nitrogen and oxygen atoms in total. The second-order valence-electron chi connectivity index (χ2n) is 4.72. The van der Waals surface area contributed by atoms with Crippen molar-refractivity contribution >= 4 is 0 Å². The van der Waals surface area contributed by atoms with Crippen LogP contribution in [0, 0.1) is 11.7 Å². The van der Waals surface area contributed by atoms with Crippen molar-refractivity contribution in [2.24, 2.45) is 5.92 Å². The van der Waals surface area contributed by atoms with Gasteiger partial charge in [0.2, 0.25) is 0 Å². The SMILES string of the molecule is CC1CCCCC1.CCc1ccc(F)cc1. The highest BCUT2D eigenvalue weighted by atomic mass is 19.1. The van der Waals surface area contributed by atoms with E-state index >= 15 is 0 Å². The van der Waals surface area contributed by atoms with E-state index in [1.54, 1.807) is 12.1 Å². The summed E-state index contributed by atoms with van der Waals surface area (Å²) in [6.45, 7) is 4.41.